The third-order valence-corrected chi connectivity index (χ3v) is 5.06. The molecule has 3 rings (SSSR count). The van der Waals surface area contributed by atoms with Crippen molar-refractivity contribution in [3.8, 4) is 11.3 Å². The van der Waals surface area contributed by atoms with E-state index in [9.17, 15) is 9.90 Å². The van der Waals surface area contributed by atoms with Crippen LogP contribution >= 0.6 is 0 Å². The molecule has 0 bridgehead atoms. The monoisotopic (exact) mass is 384 g/mol. The number of aromatic nitrogens is 2. The summed E-state index contributed by atoms with van der Waals surface area (Å²) in [7, 11) is 1.76. The van der Waals surface area contributed by atoms with E-state index >= 15 is 0 Å². The maximum absolute atomic E-state index is 12.6. The van der Waals surface area contributed by atoms with Crippen molar-refractivity contribution in [3.63, 3.8) is 0 Å². The van der Waals surface area contributed by atoms with E-state index in [1.54, 1.807) is 25.2 Å². The molecule has 0 aliphatic carbocycles. The lowest BCUT2D eigenvalue weighted by Crippen LogP contribution is -2.45. The molecule has 0 unspecified atom stereocenters. The van der Waals surface area contributed by atoms with Crippen molar-refractivity contribution in [3.05, 3.63) is 35.9 Å². The minimum Gasteiger partial charge on any atom is -0.395 e. The number of carbonyl (C=O) groups is 1. The van der Waals surface area contributed by atoms with Crippen LogP contribution in [0.5, 0.6) is 0 Å². The molecule has 150 valence electrons. The summed E-state index contributed by atoms with van der Waals surface area (Å²) in [5.74, 6) is 0.671. The number of amides is 1. The van der Waals surface area contributed by atoms with Crippen molar-refractivity contribution in [2.24, 2.45) is 0 Å². The van der Waals surface area contributed by atoms with Crippen LogP contribution in [-0.2, 0) is 0 Å². The second-order valence-corrected chi connectivity index (χ2v) is 6.95. The van der Waals surface area contributed by atoms with Crippen LogP contribution in [0.25, 0.3) is 11.3 Å². The molecular weight excluding hydrogens is 356 g/mol. The molecule has 28 heavy (non-hydrogen) atoms. The Kier molecular flexibility index (Phi) is 6.78. The molecule has 1 fully saturated rings. The Hall–Kier alpha value is -2.71. The lowest BCUT2D eigenvalue weighted by Gasteiger charge is -2.34. The van der Waals surface area contributed by atoms with Gasteiger partial charge in [-0.05, 0) is 31.5 Å². The summed E-state index contributed by atoms with van der Waals surface area (Å²) in [6.07, 6.45) is 3.32. The number of anilines is 2. The van der Waals surface area contributed by atoms with E-state index in [2.05, 4.69) is 25.5 Å². The van der Waals surface area contributed by atoms with Gasteiger partial charge >= 0.3 is 0 Å². The molecule has 0 spiro atoms. The quantitative estimate of drug-likeness (QED) is 0.569. The van der Waals surface area contributed by atoms with E-state index in [1.807, 2.05) is 12.1 Å². The number of nitrogens with two attached hydrogens (primary N) is 1. The summed E-state index contributed by atoms with van der Waals surface area (Å²) >= 11 is 0. The Morgan fingerprint density at radius 2 is 2.18 bits per heavy atom. The zero-order valence-corrected chi connectivity index (χ0v) is 16.2. The van der Waals surface area contributed by atoms with Gasteiger partial charge in [-0.3, -0.25) is 9.69 Å². The fourth-order valence-electron chi connectivity index (χ4n) is 3.54. The summed E-state index contributed by atoms with van der Waals surface area (Å²) in [6, 6.07) is 9.29. The first-order valence-electron chi connectivity index (χ1n) is 9.66. The number of likely N-dealkylation sites (tertiary alicyclic amines) is 1. The zero-order valence-electron chi connectivity index (χ0n) is 16.2. The number of nitrogens with one attached hydrogen (secondary N) is 2. The first kappa shape index (κ1) is 20.0. The normalized spacial score (nSPS) is 17.3. The number of hydrogen-bond donors (Lipinski definition) is 4. The fourth-order valence-corrected chi connectivity index (χ4v) is 3.54. The van der Waals surface area contributed by atoms with E-state index in [0.717, 1.165) is 37.9 Å². The van der Waals surface area contributed by atoms with E-state index in [0.29, 0.717) is 23.6 Å². The topological polar surface area (TPSA) is 116 Å². The van der Waals surface area contributed by atoms with Crippen molar-refractivity contribution >= 4 is 17.7 Å². The number of nitrogens with zero attached hydrogens (tertiary/aromatic N) is 3. The van der Waals surface area contributed by atoms with Gasteiger partial charge in [-0.1, -0.05) is 18.6 Å². The molecule has 2 heterocycles. The van der Waals surface area contributed by atoms with Gasteiger partial charge in [0.25, 0.3) is 5.91 Å². The maximum Gasteiger partial charge on any atom is 0.251 e. The summed E-state index contributed by atoms with van der Waals surface area (Å²) in [4.78, 5) is 23.2. The Labute approximate surface area is 165 Å². The van der Waals surface area contributed by atoms with E-state index < -0.39 is 0 Å². The van der Waals surface area contributed by atoms with Gasteiger partial charge in [0.15, 0.2) is 0 Å². The Morgan fingerprint density at radius 3 is 2.96 bits per heavy atom. The molecule has 1 saturated heterocycles. The largest absolute Gasteiger partial charge is 0.395 e. The molecule has 8 nitrogen and oxygen atoms in total. The molecule has 1 aromatic carbocycles. The standard InChI is InChI=1S/C20H28N6O2/c1-22-18-12-17(24-20(21)25-18)14-5-4-6-15(11-14)19(28)23-8-10-26-9-3-2-7-16(26)13-27/h4-6,11-12,16,27H,2-3,7-10,13H2,1H3,(H,23,28)(H3,21,22,24,25)/t16-/m0/s1. The third kappa shape index (κ3) is 4.96. The van der Waals surface area contributed by atoms with E-state index in [1.165, 1.54) is 0 Å². The average Bonchev–Trinajstić information content (AvgIpc) is 2.73. The van der Waals surface area contributed by atoms with Crippen molar-refractivity contribution in [2.45, 2.75) is 25.3 Å². The molecule has 8 heteroatoms. The molecule has 0 saturated carbocycles. The number of piperidine rings is 1. The predicted molar refractivity (Wildman–Crippen MR) is 110 cm³/mol. The average molecular weight is 384 g/mol. The molecule has 1 amide bonds. The van der Waals surface area contributed by atoms with Crippen LogP contribution in [0.1, 0.15) is 29.6 Å². The molecule has 2 aromatic rings. The molecule has 1 aliphatic heterocycles. The number of carbonyl (C=O) groups excluding carboxylic acids is 1. The molecule has 5 N–H and O–H groups in total. The van der Waals surface area contributed by atoms with Gasteiger partial charge in [-0.15, -0.1) is 0 Å². The van der Waals surface area contributed by atoms with Crippen molar-refractivity contribution in [1.29, 1.82) is 0 Å². The summed E-state index contributed by atoms with van der Waals surface area (Å²) in [6.45, 7) is 2.43. The van der Waals surface area contributed by atoms with Gasteiger partial charge in [-0.25, -0.2) is 4.98 Å². The van der Waals surface area contributed by atoms with Crippen molar-refractivity contribution in [1.82, 2.24) is 20.2 Å². The lowest BCUT2D eigenvalue weighted by molar-refractivity contribution is 0.0849. The first-order valence-corrected chi connectivity index (χ1v) is 9.66. The van der Waals surface area contributed by atoms with Crippen LogP contribution in [0.3, 0.4) is 0 Å². The Balaban J connectivity index is 1.63. The molecule has 0 radical (unpaired) electrons. The minimum absolute atomic E-state index is 0.129. The summed E-state index contributed by atoms with van der Waals surface area (Å²) in [5, 5.41) is 15.4. The Morgan fingerprint density at radius 1 is 1.32 bits per heavy atom. The minimum atomic E-state index is -0.129. The number of aliphatic hydroxyl groups excluding tert-OH is 1. The molecule has 1 aromatic heterocycles. The van der Waals surface area contributed by atoms with Gasteiger partial charge in [0.1, 0.15) is 5.82 Å². The van der Waals surface area contributed by atoms with Crippen LogP contribution in [0.15, 0.2) is 30.3 Å². The van der Waals surface area contributed by atoms with Crippen LogP contribution in [-0.4, -0.2) is 65.2 Å². The number of rotatable bonds is 7. The predicted octanol–water partition coefficient (Wildman–Crippen LogP) is 1.34. The fraction of sp³-hybridized carbons (Fsp3) is 0.450. The molecule has 1 aliphatic rings. The lowest BCUT2D eigenvalue weighted by atomic mass is 10.0. The molecule has 1 atom stereocenters. The summed E-state index contributed by atoms with van der Waals surface area (Å²) in [5.41, 5.74) is 7.79. The molecular formula is C20H28N6O2. The Bertz CT molecular complexity index is 813. The van der Waals surface area contributed by atoms with Gasteiger partial charge in [0.05, 0.1) is 12.3 Å². The highest BCUT2D eigenvalue weighted by Gasteiger charge is 2.21. The highest BCUT2D eigenvalue weighted by molar-refractivity contribution is 5.95. The summed E-state index contributed by atoms with van der Waals surface area (Å²) < 4.78 is 0. The van der Waals surface area contributed by atoms with Gasteiger partial charge in [-0.2, -0.15) is 4.98 Å². The second kappa shape index (κ2) is 9.48. The number of benzene rings is 1. The van der Waals surface area contributed by atoms with Crippen LogP contribution in [0.2, 0.25) is 0 Å². The van der Waals surface area contributed by atoms with Gasteiger partial charge in [0.2, 0.25) is 5.95 Å². The van der Waals surface area contributed by atoms with Crippen LogP contribution in [0, 0.1) is 0 Å². The smallest absolute Gasteiger partial charge is 0.251 e. The van der Waals surface area contributed by atoms with Crippen molar-refractivity contribution < 1.29 is 9.90 Å². The van der Waals surface area contributed by atoms with Crippen LogP contribution in [0.4, 0.5) is 11.8 Å². The first-order chi connectivity index (χ1) is 13.6. The van der Waals surface area contributed by atoms with Crippen LogP contribution < -0.4 is 16.4 Å². The van der Waals surface area contributed by atoms with Gasteiger partial charge < -0.3 is 21.5 Å². The SMILES string of the molecule is CNc1cc(-c2cccc(C(=O)NCCN3CCCC[C@H]3CO)c2)nc(N)n1. The van der Waals surface area contributed by atoms with Crippen molar-refractivity contribution in [2.75, 3.05) is 44.3 Å². The number of hydrogen-bond acceptors (Lipinski definition) is 7. The highest BCUT2D eigenvalue weighted by atomic mass is 16.3. The maximum atomic E-state index is 12.6. The number of aliphatic hydroxyl groups is 1. The van der Waals surface area contributed by atoms with E-state index in [-0.39, 0.29) is 24.5 Å². The zero-order chi connectivity index (χ0) is 19.9. The number of nitrogen functional groups attached to an aromatic ring is 1. The van der Waals surface area contributed by atoms with E-state index in [4.69, 9.17) is 5.73 Å². The highest BCUT2D eigenvalue weighted by Crippen LogP contribution is 2.21. The van der Waals surface area contributed by atoms with Gasteiger partial charge in [0, 0.05) is 43.4 Å². The third-order valence-electron chi connectivity index (χ3n) is 5.06. The second-order valence-electron chi connectivity index (χ2n) is 6.95.